The standard InChI is InChI=1S/C11H13NO2/c1-11(12,7-13)9-6-14-10-5-3-2-4-8(9)10/h2-6,13H,7,12H2,1H3/t11-/m0/s1. The van der Waals surface area contributed by atoms with Gasteiger partial charge in [0, 0.05) is 10.9 Å². The molecule has 1 aromatic carbocycles. The molecular weight excluding hydrogens is 178 g/mol. The van der Waals surface area contributed by atoms with Gasteiger partial charge in [-0.3, -0.25) is 0 Å². The van der Waals surface area contributed by atoms with E-state index in [1.165, 1.54) is 0 Å². The number of rotatable bonds is 2. The van der Waals surface area contributed by atoms with Gasteiger partial charge in [-0.1, -0.05) is 18.2 Å². The van der Waals surface area contributed by atoms with Crippen molar-refractivity contribution in [1.82, 2.24) is 0 Å². The zero-order chi connectivity index (χ0) is 10.2. The third kappa shape index (κ3) is 1.31. The molecule has 0 saturated carbocycles. The average molecular weight is 191 g/mol. The third-order valence-electron chi connectivity index (χ3n) is 2.42. The summed E-state index contributed by atoms with van der Waals surface area (Å²) in [5.74, 6) is 0. The fourth-order valence-electron chi connectivity index (χ4n) is 1.51. The van der Waals surface area contributed by atoms with E-state index in [2.05, 4.69) is 0 Å². The third-order valence-corrected chi connectivity index (χ3v) is 2.42. The minimum absolute atomic E-state index is 0.101. The summed E-state index contributed by atoms with van der Waals surface area (Å²) in [5.41, 5.74) is 6.84. The van der Waals surface area contributed by atoms with Crippen molar-refractivity contribution in [1.29, 1.82) is 0 Å². The number of nitrogens with two attached hydrogens (primary N) is 1. The SMILES string of the molecule is C[C@](N)(CO)c1coc2ccccc12. The lowest BCUT2D eigenvalue weighted by atomic mass is 9.94. The van der Waals surface area contributed by atoms with E-state index in [4.69, 9.17) is 15.3 Å². The van der Waals surface area contributed by atoms with Crippen LogP contribution in [0.15, 0.2) is 34.9 Å². The van der Waals surface area contributed by atoms with E-state index in [1.54, 1.807) is 13.2 Å². The van der Waals surface area contributed by atoms with Crippen molar-refractivity contribution in [2.24, 2.45) is 5.73 Å². The molecule has 0 bridgehead atoms. The van der Waals surface area contributed by atoms with Crippen LogP contribution in [-0.2, 0) is 5.54 Å². The molecule has 2 aromatic rings. The highest BCUT2D eigenvalue weighted by molar-refractivity contribution is 5.81. The minimum atomic E-state index is -0.743. The summed E-state index contributed by atoms with van der Waals surface area (Å²) in [6, 6.07) is 7.65. The molecule has 0 aliphatic heterocycles. The molecule has 0 fully saturated rings. The number of aliphatic hydroxyl groups excluding tert-OH is 1. The molecule has 3 N–H and O–H groups in total. The molecule has 2 rings (SSSR count). The summed E-state index contributed by atoms with van der Waals surface area (Å²) in [4.78, 5) is 0. The van der Waals surface area contributed by atoms with Crippen LogP contribution in [0.1, 0.15) is 12.5 Å². The first kappa shape index (κ1) is 9.24. The normalized spacial score (nSPS) is 15.6. The Kier molecular flexibility index (Phi) is 2.06. The van der Waals surface area contributed by atoms with Crippen molar-refractivity contribution in [2.75, 3.05) is 6.61 Å². The molecule has 0 aliphatic carbocycles. The first-order valence-corrected chi connectivity index (χ1v) is 4.51. The summed E-state index contributed by atoms with van der Waals surface area (Å²) < 4.78 is 5.35. The molecule has 1 heterocycles. The second-order valence-electron chi connectivity index (χ2n) is 3.72. The van der Waals surface area contributed by atoms with Crippen LogP contribution < -0.4 is 5.73 Å². The van der Waals surface area contributed by atoms with Gasteiger partial charge >= 0.3 is 0 Å². The van der Waals surface area contributed by atoms with Gasteiger partial charge in [-0.05, 0) is 13.0 Å². The van der Waals surface area contributed by atoms with Crippen molar-refractivity contribution in [2.45, 2.75) is 12.5 Å². The Morgan fingerprint density at radius 2 is 2.14 bits per heavy atom. The monoisotopic (exact) mass is 191 g/mol. The molecule has 3 heteroatoms. The first-order chi connectivity index (χ1) is 6.65. The second kappa shape index (κ2) is 3.12. The van der Waals surface area contributed by atoms with Crippen LogP contribution in [0.3, 0.4) is 0 Å². The first-order valence-electron chi connectivity index (χ1n) is 4.51. The Labute approximate surface area is 82.1 Å². The summed E-state index contributed by atoms with van der Waals surface area (Å²) in [5, 5.41) is 10.1. The smallest absolute Gasteiger partial charge is 0.134 e. The maximum Gasteiger partial charge on any atom is 0.134 e. The minimum Gasteiger partial charge on any atom is -0.464 e. The maximum atomic E-state index is 9.16. The van der Waals surface area contributed by atoms with Gasteiger partial charge in [-0.2, -0.15) is 0 Å². The predicted molar refractivity (Wildman–Crippen MR) is 54.8 cm³/mol. The summed E-state index contributed by atoms with van der Waals surface area (Å²) >= 11 is 0. The highest BCUT2D eigenvalue weighted by atomic mass is 16.3. The zero-order valence-electron chi connectivity index (χ0n) is 8.03. The Hall–Kier alpha value is -1.32. The van der Waals surface area contributed by atoms with Crippen LogP contribution in [-0.4, -0.2) is 11.7 Å². The van der Waals surface area contributed by atoms with Crippen LogP contribution in [0.5, 0.6) is 0 Å². The fourth-order valence-corrected chi connectivity index (χ4v) is 1.51. The van der Waals surface area contributed by atoms with Crippen LogP contribution in [0, 0.1) is 0 Å². The van der Waals surface area contributed by atoms with E-state index in [-0.39, 0.29) is 6.61 Å². The molecule has 0 amide bonds. The predicted octanol–water partition coefficient (Wildman–Crippen LogP) is 1.60. The van der Waals surface area contributed by atoms with E-state index in [0.29, 0.717) is 0 Å². The van der Waals surface area contributed by atoms with Gasteiger partial charge < -0.3 is 15.3 Å². The lowest BCUT2D eigenvalue weighted by Gasteiger charge is -2.20. The average Bonchev–Trinajstić information content (AvgIpc) is 2.61. The number of aliphatic hydroxyl groups is 1. The van der Waals surface area contributed by atoms with Gasteiger partial charge in [0.1, 0.15) is 5.58 Å². The molecule has 0 radical (unpaired) electrons. The lowest BCUT2D eigenvalue weighted by Crippen LogP contribution is -2.36. The molecule has 14 heavy (non-hydrogen) atoms. The lowest BCUT2D eigenvalue weighted by molar-refractivity contribution is 0.210. The molecule has 0 aliphatic rings. The van der Waals surface area contributed by atoms with Crippen LogP contribution in [0.4, 0.5) is 0 Å². The highest BCUT2D eigenvalue weighted by Crippen LogP contribution is 2.28. The van der Waals surface area contributed by atoms with Crippen LogP contribution in [0.25, 0.3) is 11.0 Å². The molecule has 1 aromatic heterocycles. The van der Waals surface area contributed by atoms with Crippen molar-refractivity contribution in [3.8, 4) is 0 Å². The number of benzene rings is 1. The van der Waals surface area contributed by atoms with E-state index >= 15 is 0 Å². The number of furan rings is 1. The Balaban J connectivity index is 2.64. The largest absolute Gasteiger partial charge is 0.464 e. The van der Waals surface area contributed by atoms with Gasteiger partial charge in [-0.25, -0.2) is 0 Å². The fraction of sp³-hybridized carbons (Fsp3) is 0.273. The van der Waals surface area contributed by atoms with Crippen molar-refractivity contribution >= 4 is 11.0 Å². The molecule has 74 valence electrons. The van der Waals surface area contributed by atoms with Gasteiger partial charge in [0.2, 0.25) is 0 Å². The van der Waals surface area contributed by atoms with Gasteiger partial charge in [-0.15, -0.1) is 0 Å². The number of hydrogen-bond acceptors (Lipinski definition) is 3. The molecule has 1 atom stereocenters. The van der Waals surface area contributed by atoms with Gasteiger partial charge in [0.05, 0.1) is 18.4 Å². The molecule has 3 nitrogen and oxygen atoms in total. The second-order valence-corrected chi connectivity index (χ2v) is 3.72. The molecule has 0 saturated heterocycles. The number of para-hydroxylation sites is 1. The van der Waals surface area contributed by atoms with Gasteiger partial charge in [0.15, 0.2) is 0 Å². The van der Waals surface area contributed by atoms with Crippen LogP contribution in [0.2, 0.25) is 0 Å². The van der Waals surface area contributed by atoms with E-state index < -0.39 is 5.54 Å². The molecule has 0 unspecified atom stereocenters. The van der Waals surface area contributed by atoms with E-state index in [1.807, 2.05) is 24.3 Å². The maximum absolute atomic E-state index is 9.16. The summed E-state index contributed by atoms with van der Waals surface area (Å²) in [6.45, 7) is 1.68. The van der Waals surface area contributed by atoms with E-state index in [0.717, 1.165) is 16.5 Å². The zero-order valence-corrected chi connectivity index (χ0v) is 8.03. The molecular formula is C11H13NO2. The highest BCUT2D eigenvalue weighted by Gasteiger charge is 2.24. The summed E-state index contributed by atoms with van der Waals surface area (Å²) in [6.07, 6.45) is 1.61. The molecule has 0 spiro atoms. The quantitative estimate of drug-likeness (QED) is 0.758. The van der Waals surface area contributed by atoms with E-state index in [9.17, 15) is 0 Å². The Morgan fingerprint density at radius 3 is 2.86 bits per heavy atom. The topological polar surface area (TPSA) is 59.4 Å². The van der Waals surface area contributed by atoms with Gasteiger partial charge in [0.25, 0.3) is 0 Å². The van der Waals surface area contributed by atoms with Crippen molar-refractivity contribution in [3.63, 3.8) is 0 Å². The summed E-state index contributed by atoms with van der Waals surface area (Å²) in [7, 11) is 0. The number of fused-ring (bicyclic) bond motifs is 1. The van der Waals surface area contributed by atoms with Crippen molar-refractivity contribution in [3.05, 3.63) is 36.1 Å². The number of hydrogen-bond donors (Lipinski definition) is 2. The van der Waals surface area contributed by atoms with Crippen molar-refractivity contribution < 1.29 is 9.52 Å². The Bertz CT molecular complexity index is 445. The van der Waals surface area contributed by atoms with Crippen LogP contribution >= 0.6 is 0 Å². The Morgan fingerprint density at radius 1 is 1.43 bits per heavy atom.